The zero-order valence-corrected chi connectivity index (χ0v) is 13.6. The van der Waals surface area contributed by atoms with Gasteiger partial charge in [0.25, 0.3) is 0 Å². The highest BCUT2D eigenvalue weighted by atomic mass is 32.2. The van der Waals surface area contributed by atoms with Gasteiger partial charge in [0.15, 0.2) is 0 Å². The fraction of sp³-hybridized carbons (Fsp3) is 1.00. The summed E-state index contributed by atoms with van der Waals surface area (Å²) in [5, 5.41) is 3.35. The molecular weight excluding hydrogens is 272 g/mol. The van der Waals surface area contributed by atoms with Crippen LogP contribution >= 0.6 is 0 Å². The Morgan fingerprint density at radius 1 is 1.00 bits per heavy atom. The monoisotopic (exact) mass is 302 g/mol. The second-order valence-corrected chi connectivity index (χ2v) is 8.47. The smallest absolute Gasteiger partial charge is 0.211 e. The van der Waals surface area contributed by atoms with Crippen LogP contribution < -0.4 is 10.0 Å². The van der Waals surface area contributed by atoms with E-state index in [9.17, 15) is 8.42 Å². The molecule has 5 heteroatoms. The van der Waals surface area contributed by atoms with E-state index >= 15 is 0 Å². The second-order valence-electron chi connectivity index (χ2n) is 6.54. The maximum absolute atomic E-state index is 11.9. The molecule has 0 aromatic rings. The fourth-order valence-electron chi connectivity index (χ4n) is 3.02. The van der Waals surface area contributed by atoms with Gasteiger partial charge in [-0.3, -0.25) is 0 Å². The molecule has 0 spiro atoms. The van der Waals surface area contributed by atoms with Gasteiger partial charge in [0.1, 0.15) is 0 Å². The van der Waals surface area contributed by atoms with Crippen LogP contribution in [-0.4, -0.2) is 33.3 Å². The van der Waals surface area contributed by atoms with E-state index < -0.39 is 10.0 Å². The summed E-state index contributed by atoms with van der Waals surface area (Å²) >= 11 is 0. The molecule has 2 rings (SSSR count). The third kappa shape index (κ3) is 6.10. The molecule has 0 aromatic carbocycles. The Hall–Kier alpha value is -0.130. The Labute approximate surface area is 124 Å². The topological polar surface area (TPSA) is 58.2 Å². The minimum atomic E-state index is -3.07. The fourth-order valence-corrected chi connectivity index (χ4v) is 4.18. The molecule has 0 heterocycles. The molecule has 0 bridgehead atoms. The summed E-state index contributed by atoms with van der Waals surface area (Å²) in [6, 6.07) is 0.666. The van der Waals surface area contributed by atoms with Crippen LogP contribution in [0.25, 0.3) is 0 Å². The van der Waals surface area contributed by atoms with Gasteiger partial charge in [-0.25, -0.2) is 13.1 Å². The third-order valence-electron chi connectivity index (χ3n) is 4.74. The van der Waals surface area contributed by atoms with Gasteiger partial charge < -0.3 is 5.32 Å². The number of sulfonamides is 1. The molecule has 0 aliphatic heterocycles. The van der Waals surface area contributed by atoms with Crippen molar-refractivity contribution >= 4 is 10.0 Å². The standard InChI is InChI=1S/C15H30N2O2S/c1-2-13-4-6-14(7-5-13)12-17-20(18,19)11-3-10-16-15-8-9-15/h13-17H,2-12H2,1H3. The maximum Gasteiger partial charge on any atom is 0.211 e. The van der Waals surface area contributed by atoms with Crippen LogP contribution in [-0.2, 0) is 10.0 Å². The summed E-state index contributed by atoms with van der Waals surface area (Å²) in [7, 11) is -3.07. The number of nitrogens with one attached hydrogen (secondary N) is 2. The average molecular weight is 302 g/mol. The van der Waals surface area contributed by atoms with Crippen molar-refractivity contribution in [2.45, 2.75) is 64.3 Å². The molecule has 2 saturated carbocycles. The third-order valence-corrected chi connectivity index (χ3v) is 6.17. The van der Waals surface area contributed by atoms with Gasteiger partial charge in [0.2, 0.25) is 10.0 Å². The van der Waals surface area contributed by atoms with Crippen LogP contribution in [0.4, 0.5) is 0 Å². The van der Waals surface area contributed by atoms with Crippen molar-refractivity contribution in [3.63, 3.8) is 0 Å². The highest BCUT2D eigenvalue weighted by molar-refractivity contribution is 7.89. The lowest BCUT2D eigenvalue weighted by Crippen LogP contribution is -2.33. The Morgan fingerprint density at radius 2 is 1.65 bits per heavy atom. The van der Waals surface area contributed by atoms with E-state index in [2.05, 4.69) is 17.0 Å². The molecule has 0 amide bonds. The normalized spacial score (nSPS) is 27.6. The van der Waals surface area contributed by atoms with Crippen molar-refractivity contribution in [1.82, 2.24) is 10.0 Å². The maximum atomic E-state index is 11.9. The molecule has 20 heavy (non-hydrogen) atoms. The predicted molar refractivity (Wildman–Crippen MR) is 83.2 cm³/mol. The lowest BCUT2D eigenvalue weighted by Gasteiger charge is -2.27. The van der Waals surface area contributed by atoms with Crippen molar-refractivity contribution in [2.24, 2.45) is 11.8 Å². The number of rotatable bonds is 9. The lowest BCUT2D eigenvalue weighted by atomic mass is 9.81. The largest absolute Gasteiger partial charge is 0.314 e. The molecule has 2 aliphatic carbocycles. The van der Waals surface area contributed by atoms with E-state index in [0.717, 1.165) is 12.5 Å². The highest BCUT2D eigenvalue weighted by Gasteiger charge is 2.22. The van der Waals surface area contributed by atoms with E-state index in [1.807, 2.05) is 0 Å². The van der Waals surface area contributed by atoms with Gasteiger partial charge in [0, 0.05) is 12.6 Å². The van der Waals surface area contributed by atoms with Crippen LogP contribution in [0.2, 0.25) is 0 Å². The number of hydrogen-bond donors (Lipinski definition) is 2. The quantitative estimate of drug-likeness (QED) is 0.642. The van der Waals surface area contributed by atoms with Crippen LogP contribution in [0.15, 0.2) is 0 Å². The van der Waals surface area contributed by atoms with Gasteiger partial charge in [-0.05, 0) is 50.5 Å². The SMILES string of the molecule is CCC1CCC(CNS(=O)(=O)CCCNC2CC2)CC1. The number of hydrogen-bond acceptors (Lipinski definition) is 3. The summed E-state index contributed by atoms with van der Waals surface area (Å²) in [5.41, 5.74) is 0. The molecule has 0 radical (unpaired) electrons. The molecular formula is C15H30N2O2S. The van der Waals surface area contributed by atoms with Gasteiger partial charge >= 0.3 is 0 Å². The molecule has 118 valence electrons. The van der Waals surface area contributed by atoms with E-state index in [1.165, 1.54) is 44.9 Å². The molecule has 4 nitrogen and oxygen atoms in total. The summed E-state index contributed by atoms with van der Waals surface area (Å²) < 4.78 is 26.6. The van der Waals surface area contributed by atoms with Crippen LogP contribution in [0.1, 0.15) is 58.3 Å². The van der Waals surface area contributed by atoms with Gasteiger partial charge in [-0.15, -0.1) is 0 Å². The van der Waals surface area contributed by atoms with Crippen LogP contribution in [0.5, 0.6) is 0 Å². The first-order valence-corrected chi connectivity index (χ1v) is 9.95. The van der Waals surface area contributed by atoms with E-state index in [4.69, 9.17) is 0 Å². The minimum Gasteiger partial charge on any atom is -0.314 e. The summed E-state index contributed by atoms with van der Waals surface area (Å²) in [6.07, 6.45) is 9.41. The zero-order valence-electron chi connectivity index (χ0n) is 12.7. The highest BCUT2D eigenvalue weighted by Crippen LogP contribution is 2.30. The minimum absolute atomic E-state index is 0.261. The van der Waals surface area contributed by atoms with E-state index in [0.29, 0.717) is 24.9 Å². The van der Waals surface area contributed by atoms with Crippen molar-refractivity contribution in [2.75, 3.05) is 18.8 Å². The van der Waals surface area contributed by atoms with Gasteiger partial charge in [-0.1, -0.05) is 26.2 Å². The molecule has 2 fully saturated rings. The van der Waals surface area contributed by atoms with Gasteiger partial charge in [-0.2, -0.15) is 0 Å². The Morgan fingerprint density at radius 3 is 2.25 bits per heavy atom. The van der Waals surface area contributed by atoms with Crippen molar-refractivity contribution < 1.29 is 8.42 Å². The van der Waals surface area contributed by atoms with Gasteiger partial charge in [0.05, 0.1) is 5.75 Å². The van der Waals surface area contributed by atoms with E-state index in [-0.39, 0.29) is 5.75 Å². The van der Waals surface area contributed by atoms with Crippen molar-refractivity contribution in [3.8, 4) is 0 Å². The Bertz CT molecular complexity index is 371. The molecule has 0 unspecified atom stereocenters. The summed E-state index contributed by atoms with van der Waals surface area (Å²) in [6.45, 7) is 3.73. The first-order chi connectivity index (χ1) is 9.59. The Balaban J connectivity index is 1.56. The molecule has 2 aliphatic rings. The molecule has 0 atom stereocenters. The Kier molecular flexibility index (Phi) is 6.30. The summed E-state index contributed by atoms with van der Waals surface area (Å²) in [4.78, 5) is 0. The predicted octanol–water partition coefficient (Wildman–Crippen LogP) is 2.26. The first-order valence-electron chi connectivity index (χ1n) is 8.30. The zero-order chi connectivity index (χ0) is 14.4. The average Bonchev–Trinajstić information content (AvgIpc) is 3.26. The first kappa shape index (κ1) is 16.2. The molecule has 0 aromatic heterocycles. The molecule has 0 saturated heterocycles. The van der Waals surface area contributed by atoms with Crippen LogP contribution in [0.3, 0.4) is 0 Å². The van der Waals surface area contributed by atoms with Crippen molar-refractivity contribution in [1.29, 1.82) is 0 Å². The second kappa shape index (κ2) is 7.76. The summed E-state index contributed by atoms with van der Waals surface area (Å²) in [5.74, 6) is 1.69. The van der Waals surface area contributed by atoms with Crippen molar-refractivity contribution in [3.05, 3.63) is 0 Å². The van der Waals surface area contributed by atoms with Crippen LogP contribution in [0, 0.1) is 11.8 Å². The van der Waals surface area contributed by atoms with E-state index in [1.54, 1.807) is 0 Å². The lowest BCUT2D eigenvalue weighted by molar-refractivity contribution is 0.270. The molecule has 2 N–H and O–H groups in total.